The van der Waals surface area contributed by atoms with Gasteiger partial charge in [-0.2, -0.15) is 0 Å². The van der Waals surface area contributed by atoms with Crippen molar-refractivity contribution in [2.75, 3.05) is 5.75 Å². The lowest BCUT2D eigenvalue weighted by molar-refractivity contribution is -0.130. The van der Waals surface area contributed by atoms with Crippen LogP contribution >= 0.6 is 11.8 Å². The first-order valence-electron chi connectivity index (χ1n) is 6.60. The molecule has 0 unspecified atom stereocenters. The van der Waals surface area contributed by atoms with Crippen LogP contribution in [0.2, 0.25) is 0 Å². The van der Waals surface area contributed by atoms with Crippen molar-refractivity contribution in [1.82, 2.24) is 15.4 Å². The van der Waals surface area contributed by atoms with E-state index in [1.165, 1.54) is 41.0 Å². The number of nitrogens with zero attached hydrogens (tertiary/aromatic N) is 2. The molecule has 1 aliphatic rings. The third-order valence-electron chi connectivity index (χ3n) is 3.16. The van der Waals surface area contributed by atoms with Gasteiger partial charge in [0.25, 0.3) is 11.8 Å². The van der Waals surface area contributed by atoms with Crippen LogP contribution in [-0.4, -0.2) is 32.7 Å². The Balaban J connectivity index is 1.78. The molecule has 2 heterocycles. The van der Waals surface area contributed by atoms with Crippen molar-refractivity contribution in [2.45, 2.75) is 5.37 Å². The zero-order valence-corrected chi connectivity index (χ0v) is 12.3. The zero-order valence-electron chi connectivity index (χ0n) is 11.5. The van der Waals surface area contributed by atoms with Gasteiger partial charge in [-0.25, -0.2) is 5.01 Å². The van der Waals surface area contributed by atoms with Gasteiger partial charge in [0.05, 0.1) is 11.4 Å². The second-order valence-electron chi connectivity index (χ2n) is 4.67. The number of pyridine rings is 1. The molecule has 1 aliphatic heterocycles. The molecule has 1 aromatic carbocycles. The maximum atomic E-state index is 12.2. The summed E-state index contributed by atoms with van der Waals surface area (Å²) >= 11 is 1.41. The Kier molecular flexibility index (Phi) is 3.97. The third-order valence-corrected chi connectivity index (χ3v) is 4.34. The lowest BCUT2D eigenvalue weighted by Gasteiger charge is -2.23. The van der Waals surface area contributed by atoms with Gasteiger partial charge in [0.2, 0.25) is 0 Å². The van der Waals surface area contributed by atoms with Crippen LogP contribution in [0.5, 0.6) is 5.75 Å². The smallest absolute Gasteiger partial charge is 0.269 e. The van der Waals surface area contributed by atoms with E-state index in [-0.39, 0.29) is 22.8 Å². The van der Waals surface area contributed by atoms with Crippen LogP contribution in [0.3, 0.4) is 0 Å². The fourth-order valence-corrected chi connectivity index (χ4v) is 3.14. The van der Waals surface area contributed by atoms with E-state index in [0.717, 1.165) is 0 Å². The summed E-state index contributed by atoms with van der Waals surface area (Å²) < 4.78 is 0. The molecule has 1 fully saturated rings. The Bertz CT molecular complexity index is 691. The molecule has 1 saturated heterocycles. The zero-order chi connectivity index (χ0) is 15.5. The number of phenols is 1. The molecule has 0 saturated carbocycles. The van der Waals surface area contributed by atoms with E-state index in [9.17, 15) is 14.7 Å². The van der Waals surface area contributed by atoms with E-state index < -0.39 is 5.91 Å². The molecule has 2 N–H and O–H groups in total. The average Bonchev–Trinajstić information content (AvgIpc) is 2.90. The second-order valence-corrected chi connectivity index (χ2v) is 5.74. The van der Waals surface area contributed by atoms with Crippen LogP contribution in [0.1, 0.15) is 21.4 Å². The van der Waals surface area contributed by atoms with Crippen molar-refractivity contribution in [3.63, 3.8) is 0 Å². The van der Waals surface area contributed by atoms with Crippen LogP contribution in [0.25, 0.3) is 0 Å². The molecule has 0 aliphatic carbocycles. The van der Waals surface area contributed by atoms with E-state index in [1.807, 2.05) is 12.1 Å². The third kappa shape index (κ3) is 2.89. The number of benzene rings is 1. The molecule has 0 radical (unpaired) electrons. The van der Waals surface area contributed by atoms with Gasteiger partial charge in [-0.3, -0.25) is 20.0 Å². The van der Waals surface area contributed by atoms with Gasteiger partial charge in [-0.15, -0.1) is 11.8 Å². The first-order chi connectivity index (χ1) is 10.6. The maximum absolute atomic E-state index is 12.2. The Morgan fingerprint density at radius 3 is 2.73 bits per heavy atom. The number of amides is 2. The Labute approximate surface area is 131 Å². The van der Waals surface area contributed by atoms with Gasteiger partial charge in [-0.05, 0) is 36.4 Å². The summed E-state index contributed by atoms with van der Waals surface area (Å²) in [7, 11) is 0. The van der Waals surface area contributed by atoms with Crippen LogP contribution in [0.15, 0.2) is 48.7 Å². The Morgan fingerprint density at radius 2 is 2.05 bits per heavy atom. The number of hydrazine groups is 1. The van der Waals surface area contributed by atoms with Gasteiger partial charge in [-0.1, -0.05) is 6.07 Å². The van der Waals surface area contributed by atoms with Crippen molar-refractivity contribution in [3.05, 3.63) is 59.9 Å². The van der Waals surface area contributed by atoms with E-state index in [4.69, 9.17) is 0 Å². The average molecular weight is 315 g/mol. The van der Waals surface area contributed by atoms with Crippen LogP contribution < -0.4 is 5.43 Å². The summed E-state index contributed by atoms with van der Waals surface area (Å²) in [6.07, 6.45) is 1.65. The lowest BCUT2D eigenvalue weighted by atomic mass is 10.2. The number of aromatic nitrogens is 1. The number of nitrogens with one attached hydrogen (secondary N) is 1. The lowest BCUT2D eigenvalue weighted by Crippen LogP contribution is -2.44. The molecule has 3 rings (SSSR count). The normalized spacial score (nSPS) is 17.5. The largest absolute Gasteiger partial charge is 0.508 e. The molecule has 0 bridgehead atoms. The first kappa shape index (κ1) is 14.4. The minimum absolute atomic E-state index is 0.0794. The molecule has 22 heavy (non-hydrogen) atoms. The highest BCUT2D eigenvalue weighted by molar-refractivity contribution is 8.00. The fourth-order valence-electron chi connectivity index (χ4n) is 2.07. The van der Waals surface area contributed by atoms with E-state index >= 15 is 0 Å². The molecule has 112 valence electrons. The van der Waals surface area contributed by atoms with Crippen molar-refractivity contribution < 1.29 is 14.7 Å². The van der Waals surface area contributed by atoms with Gasteiger partial charge in [0.1, 0.15) is 11.1 Å². The predicted molar refractivity (Wildman–Crippen MR) is 81.9 cm³/mol. The first-order valence-corrected chi connectivity index (χ1v) is 7.64. The number of carbonyl (C=O) groups is 2. The Morgan fingerprint density at radius 1 is 1.27 bits per heavy atom. The second kappa shape index (κ2) is 6.07. The summed E-state index contributed by atoms with van der Waals surface area (Å²) in [4.78, 5) is 28.5. The van der Waals surface area contributed by atoms with Gasteiger partial charge < -0.3 is 5.11 Å². The van der Waals surface area contributed by atoms with Crippen LogP contribution in [0.4, 0.5) is 0 Å². The predicted octanol–water partition coefficient (Wildman–Crippen LogP) is 1.71. The number of phenolic OH excluding ortho intramolecular Hbond substituents is 1. The van der Waals surface area contributed by atoms with Gasteiger partial charge >= 0.3 is 0 Å². The standard InChI is InChI=1S/C15H13N3O3S/c19-11-6-4-10(5-7-11)14(21)17-18-13(20)9-22-15(18)12-3-1-2-8-16-12/h1-8,15,19H,9H2,(H,17,21)/t15-/m0/s1. The molecule has 1 atom stereocenters. The summed E-state index contributed by atoms with van der Waals surface area (Å²) in [5, 5.41) is 10.2. The van der Waals surface area contributed by atoms with Crippen molar-refractivity contribution in [3.8, 4) is 5.75 Å². The number of thioether (sulfide) groups is 1. The van der Waals surface area contributed by atoms with E-state index in [1.54, 1.807) is 12.3 Å². The number of carbonyl (C=O) groups excluding carboxylic acids is 2. The molecule has 2 aromatic rings. The summed E-state index contributed by atoms with van der Waals surface area (Å²) in [5.74, 6) is -0.211. The quantitative estimate of drug-likeness (QED) is 0.901. The topological polar surface area (TPSA) is 82.5 Å². The summed E-state index contributed by atoms with van der Waals surface area (Å²) in [6, 6.07) is 11.3. The number of aromatic hydroxyl groups is 1. The molecule has 6 nitrogen and oxygen atoms in total. The van der Waals surface area contributed by atoms with Crippen molar-refractivity contribution in [1.29, 1.82) is 0 Å². The van der Waals surface area contributed by atoms with Crippen molar-refractivity contribution in [2.24, 2.45) is 0 Å². The highest BCUT2D eigenvalue weighted by Gasteiger charge is 2.35. The fraction of sp³-hybridized carbons (Fsp3) is 0.133. The SMILES string of the molecule is O=C(NN1C(=O)CS[C@H]1c1ccccn1)c1ccc(O)cc1. The highest BCUT2D eigenvalue weighted by atomic mass is 32.2. The van der Waals surface area contributed by atoms with Crippen molar-refractivity contribution >= 4 is 23.6 Å². The van der Waals surface area contributed by atoms with Gasteiger partial charge in [0, 0.05) is 11.8 Å². The minimum Gasteiger partial charge on any atom is -0.508 e. The molecular weight excluding hydrogens is 302 g/mol. The maximum Gasteiger partial charge on any atom is 0.269 e. The number of rotatable bonds is 3. The van der Waals surface area contributed by atoms with Gasteiger partial charge in [0.15, 0.2) is 0 Å². The molecule has 1 aromatic heterocycles. The van der Waals surface area contributed by atoms with Crippen LogP contribution in [0, 0.1) is 0 Å². The Hall–Kier alpha value is -2.54. The van der Waals surface area contributed by atoms with E-state index in [2.05, 4.69) is 10.4 Å². The number of hydrogen-bond acceptors (Lipinski definition) is 5. The molecule has 2 amide bonds. The molecule has 7 heteroatoms. The monoisotopic (exact) mass is 315 g/mol. The minimum atomic E-state index is -0.406. The molecule has 0 spiro atoms. The summed E-state index contributed by atoms with van der Waals surface area (Å²) in [5.41, 5.74) is 3.69. The number of hydrogen-bond donors (Lipinski definition) is 2. The molecular formula is C15H13N3O3S. The van der Waals surface area contributed by atoms with E-state index in [0.29, 0.717) is 11.3 Å². The summed E-state index contributed by atoms with van der Waals surface area (Å²) in [6.45, 7) is 0. The highest BCUT2D eigenvalue weighted by Crippen LogP contribution is 2.36. The van der Waals surface area contributed by atoms with Crippen LogP contribution in [-0.2, 0) is 4.79 Å².